The Kier molecular flexibility index (Phi) is 5.24. The predicted molar refractivity (Wildman–Crippen MR) is 75.3 cm³/mol. The topological polar surface area (TPSA) is 47.1 Å². The Hall–Kier alpha value is -1.97. The average Bonchev–Trinajstić information content (AvgIpc) is 2.86. The normalized spacial score (nSPS) is 9.39. The summed E-state index contributed by atoms with van der Waals surface area (Å²) >= 11 is 0. The van der Waals surface area contributed by atoms with Crippen molar-refractivity contribution in [3.05, 3.63) is 30.1 Å². The van der Waals surface area contributed by atoms with Gasteiger partial charge in [0.2, 0.25) is 0 Å². The van der Waals surface area contributed by atoms with Crippen molar-refractivity contribution >= 4 is 0 Å². The molecule has 1 heterocycles. The molecule has 4 nitrogen and oxygen atoms in total. The van der Waals surface area contributed by atoms with Gasteiger partial charge in [0.25, 0.3) is 0 Å². The maximum atomic E-state index is 5.26. The molecule has 0 saturated heterocycles. The number of hydrogen-bond acceptors (Lipinski definition) is 3. The quantitative estimate of drug-likeness (QED) is 0.904. The van der Waals surface area contributed by atoms with Crippen molar-refractivity contribution in [1.29, 1.82) is 0 Å². The number of nitrogens with one attached hydrogen (secondary N) is 1. The second-order valence-corrected chi connectivity index (χ2v) is 3.48. The molecule has 0 amide bonds. The number of nitrogens with zero attached hydrogens (tertiary/aromatic N) is 1. The minimum absolute atomic E-state index is 0. The van der Waals surface area contributed by atoms with Gasteiger partial charge in [0, 0.05) is 12.7 Å². The highest BCUT2D eigenvalue weighted by atomic mass is 16.5. The number of hydrogen-bond donors (Lipinski definition) is 1. The maximum Gasteiger partial charge on any atom is 0.161 e. The van der Waals surface area contributed by atoms with Gasteiger partial charge >= 0.3 is 0 Å². The van der Waals surface area contributed by atoms with Crippen LogP contribution in [0.2, 0.25) is 0 Å². The molecule has 1 aromatic heterocycles. The monoisotopic (exact) mass is 250 g/mol. The number of rotatable bonds is 3. The second-order valence-electron chi connectivity index (χ2n) is 3.48. The Morgan fingerprint density at radius 2 is 1.78 bits per heavy atom. The Balaban J connectivity index is 0.00000103. The van der Waals surface area contributed by atoms with Crippen LogP contribution in [0.4, 0.5) is 0 Å². The van der Waals surface area contributed by atoms with Crippen molar-refractivity contribution in [2.45, 2.75) is 20.8 Å². The average molecular weight is 250 g/mol. The lowest BCUT2D eigenvalue weighted by Gasteiger charge is -2.09. The molecule has 1 N–H and O–H groups in total. The fourth-order valence-corrected chi connectivity index (χ4v) is 1.65. The van der Waals surface area contributed by atoms with Crippen molar-refractivity contribution in [3.8, 4) is 22.6 Å². The zero-order valence-corrected chi connectivity index (χ0v) is 11.6. The Morgan fingerprint density at radius 1 is 1.11 bits per heavy atom. The smallest absolute Gasteiger partial charge is 0.161 e. The Labute approximate surface area is 109 Å². The largest absolute Gasteiger partial charge is 0.493 e. The summed E-state index contributed by atoms with van der Waals surface area (Å²) in [6.07, 6.45) is 1.80. The van der Waals surface area contributed by atoms with E-state index in [1.807, 2.05) is 39.0 Å². The van der Waals surface area contributed by atoms with E-state index in [0.717, 1.165) is 28.3 Å². The van der Waals surface area contributed by atoms with E-state index in [1.165, 1.54) is 0 Å². The molecule has 0 aliphatic rings. The fraction of sp³-hybridized carbons (Fsp3) is 0.357. The van der Waals surface area contributed by atoms with Gasteiger partial charge in [0.15, 0.2) is 11.5 Å². The van der Waals surface area contributed by atoms with Gasteiger partial charge < -0.3 is 9.47 Å². The van der Waals surface area contributed by atoms with E-state index in [-0.39, 0.29) is 1.43 Å². The van der Waals surface area contributed by atoms with Crippen molar-refractivity contribution in [3.63, 3.8) is 0 Å². The molecule has 100 valence electrons. The molecule has 0 saturated carbocycles. The van der Waals surface area contributed by atoms with Crippen LogP contribution in [0.1, 0.15) is 21.0 Å². The Morgan fingerprint density at radius 3 is 2.28 bits per heavy atom. The van der Waals surface area contributed by atoms with Gasteiger partial charge in [-0.25, -0.2) is 0 Å². The number of methoxy groups -OCH3 is 2. The molecule has 0 unspecified atom stereocenters. The van der Waals surface area contributed by atoms with Crippen LogP contribution in [0.3, 0.4) is 0 Å². The lowest BCUT2D eigenvalue weighted by atomic mass is 10.1. The van der Waals surface area contributed by atoms with E-state index in [9.17, 15) is 0 Å². The molecule has 0 bridgehead atoms. The Bertz CT molecular complexity index is 498. The van der Waals surface area contributed by atoms with Crippen molar-refractivity contribution in [1.82, 2.24) is 10.2 Å². The summed E-state index contributed by atoms with van der Waals surface area (Å²) in [6.45, 7) is 5.99. The highest BCUT2D eigenvalue weighted by molar-refractivity contribution is 5.68. The van der Waals surface area contributed by atoms with Crippen LogP contribution in [0, 0.1) is 6.92 Å². The second kappa shape index (κ2) is 6.69. The first-order valence-corrected chi connectivity index (χ1v) is 5.98. The molecule has 4 heteroatoms. The van der Waals surface area contributed by atoms with Gasteiger partial charge in [-0.05, 0) is 24.6 Å². The summed E-state index contributed by atoms with van der Waals surface area (Å²) in [6, 6.07) is 5.82. The van der Waals surface area contributed by atoms with E-state index in [0.29, 0.717) is 0 Å². The number of aryl methyl sites for hydroxylation is 1. The summed E-state index contributed by atoms with van der Waals surface area (Å²) in [4.78, 5) is 0. The standard InChI is InChI=1S/C12H14N2O2.C2H6.H2/c1-8-10(7-13-14-8)9-4-5-11(15-2)12(6-9)16-3;1-2;/h4-7H,1-3H3,(H,13,14);1-2H3;1H. The van der Waals surface area contributed by atoms with Crippen molar-refractivity contribution in [2.75, 3.05) is 14.2 Å². The lowest BCUT2D eigenvalue weighted by Crippen LogP contribution is -1.90. The van der Waals surface area contributed by atoms with Crippen LogP contribution in [-0.4, -0.2) is 24.4 Å². The van der Waals surface area contributed by atoms with Gasteiger partial charge in [0.1, 0.15) is 0 Å². The molecule has 0 atom stereocenters. The maximum absolute atomic E-state index is 5.26. The molecule has 0 fully saturated rings. The van der Waals surface area contributed by atoms with E-state index in [2.05, 4.69) is 10.2 Å². The van der Waals surface area contributed by atoms with Gasteiger partial charge in [-0.2, -0.15) is 5.10 Å². The highest BCUT2D eigenvalue weighted by Crippen LogP contribution is 2.32. The predicted octanol–water partition coefficient (Wildman–Crippen LogP) is 3.67. The van der Waals surface area contributed by atoms with E-state index < -0.39 is 0 Å². The summed E-state index contributed by atoms with van der Waals surface area (Å²) in [5, 5.41) is 6.91. The molecule has 0 spiro atoms. The number of benzene rings is 1. The molecular formula is C14H22N2O2. The first kappa shape index (κ1) is 14.1. The summed E-state index contributed by atoms with van der Waals surface area (Å²) < 4.78 is 10.4. The molecule has 0 aliphatic heterocycles. The number of aromatic amines is 1. The first-order chi connectivity index (χ1) is 8.76. The zero-order chi connectivity index (χ0) is 13.5. The van der Waals surface area contributed by atoms with Crippen LogP contribution in [0.25, 0.3) is 11.1 Å². The minimum atomic E-state index is 0. The SMILES string of the molecule is CC.COc1ccc(-c2cn[nH]c2C)cc1OC.[HH]. The number of aromatic nitrogens is 2. The van der Waals surface area contributed by atoms with Crippen LogP contribution in [0.5, 0.6) is 11.5 Å². The molecule has 0 aliphatic carbocycles. The molecular weight excluding hydrogens is 228 g/mol. The molecule has 18 heavy (non-hydrogen) atoms. The van der Waals surface area contributed by atoms with Gasteiger partial charge in [-0.1, -0.05) is 19.9 Å². The van der Waals surface area contributed by atoms with Gasteiger partial charge in [-0.15, -0.1) is 0 Å². The molecule has 2 rings (SSSR count). The van der Waals surface area contributed by atoms with E-state index >= 15 is 0 Å². The summed E-state index contributed by atoms with van der Waals surface area (Å²) in [5.74, 6) is 1.45. The van der Waals surface area contributed by atoms with Gasteiger partial charge in [-0.3, -0.25) is 5.10 Å². The van der Waals surface area contributed by atoms with Crippen LogP contribution >= 0.6 is 0 Å². The molecule has 0 radical (unpaired) electrons. The lowest BCUT2D eigenvalue weighted by molar-refractivity contribution is 0.355. The first-order valence-electron chi connectivity index (χ1n) is 5.98. The number of H-pyrrole nitrogens is 1. The third-order valence-corrected chi connectivity index (χ3v) is 2.52. The third-order valence-electron chi connectivity index (χ3n) is 2.52. The van der Waals surface area contributed by atoms with E-state index in [1.54, 1.807) is 20.4 Å². The van der Waals surface area contributed by atoms with Crippen LogP contribution in [-0.2, 0) is 0 Å². The summed E-state index contributed by atoms with van der Waals surface area (Å²) in [7, 11) is 3.25. The van der Waals surface area contributed by atoms with Crippen molar-refractivity contribution in [2.24, 2.45) is 0 Å². The summed E-state index contributed by atoms with van der Waals surface area (Å²) in [5.41, 5.74) is 3.16. The zero-order valence-electron chi connectivity index (χ0n) is 11.6. The molecule has 2 aromatic rings. The third kappa shape index (κ3) is 2.83. The fourth-order valence-electron chi connectivity index (χ4n) is 1.65. The highest BCUT2D eigenvalue weighted by Gasteiger charge is 2.08. The van der Waals surface area contributed by atoms with Gasteiger partial charge in [0.05, 0.1) is 20.4 Å². The van der Waals surface area contributed by atoms with E-state index in [4.69, 9.17) is 9.47 Å². The number of ether oxygens (including phenoxy) is 2. The van der Waals surface area contributed by atoms with Crippen molar-refractivity contribution < 1.29 is 10.9 Å². The van der Waals surface area contributed by atoms with Crippen LogP contribution < -0.4 is 9.47 Å². The molecule has 1 aromatic carbocycles. The van der Waals surface area contributed by atoms with Crippen LogP contribution in [0.15, 0.2) is 24.4 Å². The minimum Gasteiger partial charge on any atom is -0.493 e.